The summed E-state index contributed by atoms with van der Waals surface area (Å²) in [5.74, 6) is 0.610. The maximum absolute atomic E-state index is 5.89. The van der Waals surface area contributed by atoms with Gasteiger partial charge in [0.15, 0.2) is 0 Å². The van der Waals surface area contributed by atoms with Crippen LogP contribution in [0.15, 0.2) is 18.2 Å². The predicted molar refractivity (Wildman–Crippen MR) is 76.0 cm³/mol. The predicted octanol–water partition coefficient (Wildman–Crippen LogP) is 4.36. The Balaban J connectivity index is 2.11. The first-order chi connectivity index (χ1) is 8.02. The summed E-state index contributed by atoms with van der Waals surface area (Å²) < 4.78 is 0. The van der Waals surface area contributed by atoms with Crippen molar-refractivity contribution in [3.63, 3.8) is 0 Å². The minimum absolute atomic E-state index is 0.515. The Kier molecular flexibility index (Phi) is 3.67. The molecule has 0 N–H and O–H groups in total. The molecule has 17 heavy (non-hydrogen) atoms. The number of rotatable bonds is 2. The van der Waals surface area contributed by atoms with Gasteiger partial charge in [0.2, 0.25) is 0 Å². The van der Waals surface area contributed by atoms with Crippen molar-refractivity contribution in [2.45, 2.75) is 39.5 Å². The Hall–Kier alpha value is -0.690. The zero-order valence-corrected chi connectivity index (χ0v) is 11.8. The molecule has 0 radical (unpaired) electrons. The maximum atomic E-state index is 5.89. The van der Waals surface area contributed by atoms with Crippen LogP contribution in [0, 0.1) is 12.3 Å². The number of hydrogen-bond donors (Lipinski definition) is 0. The second kappa shape index (κ2) is 4.89. The topological polar surface area (TPSA) is 3.24 Å². The molecule has 94 valence electrons. The summed E-state index contributed by atoms with van der Waals surface area (Å²) in [5.41, 5.74) is 4.42. The number of piperidine rings is 1. The number of hydrogen-bond acceptors (Lipinski definition) is 1. The highest BCUT2D eigenvalue weighted by atomic mass is 35.5. The number of anilines is 1. The first-order valence-corrected chi connectivity index (χ1v) is 6.96. The van der Waals surface area contributed by atoms with Crippen LogP contribution < -0.4 is 4.90 Å². The summed E-state index contributed by atoms with van der Waals surface area (Å²) >= 11 is 5.89. The molecule has 1 aliphatic rings. The number of alkyl halides is 1. The number of aryl methyl sites for hydroxylation is 1. The third-order valence-electron chi connectivity index (χ3n) is 3.95. The quantitative estimate of drug-likeness (QED) is 0.706. The molecule has 0 bridgehead atoms. The van der Waals surface area contributed by atoms with Gasteiger partial charge in [-0.2, -0.15) is 0 Å². The molecule has 0 atom stereocenters. The van der Waals surface area contributed by atoms with Gasteiger partial charge in [0.1, 0.15) is 0 Å². The molecule has 0 aromatic heterocycles. The number of benzene rings is 1. The SMILES string of the molecule is Cc1cc(N2CCC(C)(C)CC2)ccc1CCl. The molecule has 1 heterocycles. The van der Waals surface area contributed by atoms with Crippen molar-refractivity contribution >= 4 is 17.3 Å². The van der Waals surface area contributed by atoms with E-state index in [-0.39, 0.29) is 0 Å². The van der Waals surface area contributed by atoms with Gasteiger partial charge in [0.25, 0.3) is 0 Å². The highest BCUT2D eigenvalue weighted by Gasteiger charge is 2.25. The smallest absolute Gasteiger partial charge is 0.0476 e. The molecule has 0 unspecified atom stereocenters. The zero-order valence-electron chi connectivity index (χ0n) is 11.1. The van der Waals surface area contributed by atoms with Gasteiger partial charge < -0.3 is 4.90 Å². The third kappa shape index (κ3) is 2.95. The molecule has 2 rings (SSSR count). The Bertz CT molecular complexity index is 388. The standard InChI is InChI=1S/C15H22ClN/c1-12-10-14(5-4-13(12)11-16)17-8-6-15(2,3)7-9-17/h4-5,10H,6-9,11H2,1-3H3. The molecular weight excluding hydrogens is 230 g/mol. The molecule has 1 aromatic rings. The van der Waals surface area contributed by atoms with Gasteiger partial charge in [-0.3, -0.25) is 0 Å². The van der Waals surface area contributed by atoms with E-state index in [0.717, 1.165) is 0 Å². The van der Waals surface area contributed by atoms with Crippen LogP contribution in [0.4, 0.5) is 5.69 Å². The van der Waals surface area contributed by atoms with E-state index in [4.69, 9.17) is 11.6 Å². The third-order valence-corrected chi connectivity index (χ3v) is 4.24. The van der Waals surface area contributed by atoms with E-state index in [0.29, 0.717) is 11.3 Å². The summed E-state index contributed by atoms with van der Waals surface area (Å²) in [6.07, 6.45) is 2.56. The van der Waals surface area contributed by atoms with Crippen LogP contribution in [0.25, 0.3) is 0 Å². The number of nitrogens with zero attached hydrogens (tertiary/aromatic N) is 1. The lowest BCUT2D eigenvalue weighted by Crippen LogP contribution is -2.37. The van der Waals surface area contributed by atoms with Crippen LogP contribution in [0.2, 0.25) is 0 Å². The Morgan fingerprint density at radius 2 is 1.88 bits per heavy atom. The Morgan fingerprint density at radius 1 is 1.24 bits per heavy atom. The fraction of sp³-hybridized carbons (Fsp3) is 0.600. The second-order valence-electron chi connectivity index (χ2n) is 5.90. The molecule has 0 spiro atoms. The van der Waals surface area contributed by atoms with Crippen molar-refractivity contribution < 1.29 is 0 Å². The Morgan fingerprint density at radius 3 is 2.41 bits per heavy atom. The zero-order chi connectivity index (χ0) is 12.5. The first-order valence-electron chi connectivity index (χ1n) is 6.42. The summed E-state index contributed by atoms with van der Waals surface area (Å²) in [5, 5.41) is 0. The molecule has 0 saturated carbocycles. The minimum atomic E-state index is 0.515. The highest BCUT2D eigenvalue weighted by molar-refractivity contribution is 6.17. The summed E-state index contributed by atoms with van der Waals surface area (Å²) in [6, 6.07) is 6.65. The molecule has 1 aliphatic heterocycles. The van der Waals surface area contributed by atoms with E-state index in [1.807, 2.05) is 0 Å². The van der Waals surface area contributed by atoms with Crippen LogP contribution >= 0.6 is 11.6 Å². The maximum Gasteiger partial charge on any atom is 0.0476 e. The second-order valence-corrected chi connectivity index (χ2v) is 6.16. The van der Waals surface area contributed by atoms with E-state index in [9.17, 15) is 0 Å². The van der Waals surface area contributed by atoms with E-state index >= 15 is 0 Å². The lowest BCUT2D eigenvalue weighted by Gasteiger charge is -2.38. The van der Waals surface area contributed by atoms with Gasteiger partial charge in [-0.1, -0.05) is 19.9 Å². The van der Waals surface area contributed by atoms with Crippen molar-refractivity contribution in [3.8, 4) is 0 Å². The largest absolute Gasteiger partial charge is 0.371 e. The normalized spacial score (nSPS) is 19.4. The van der Waals surface area contributed by atoms with Gasteiger partial charge in [-0.15, -0.1) is 11.6 Å². The van der Waals surface area contributed by atoms with Crippen LogP contribution in [0.5, 0.6) is 0 Å². The van der Waals surface area contributed by atoms with E-state index in [1.165, 1.54) is 42.7 Å². The average molecular weight is 252 g/mol. The lowest BCUT2D eigenvalue weighted by molar-refractivity contribution is 0.280. The lowest BCUT2D eigenvalue weighted by atomic mass is 9.82. The van der Waals surface area contributed by atoms with Gasteiger partial charge in [0, 0.05) is 24.7 Å². The van der Waals surface area contributed by atoms with Crippen molar-refractivity contribution in [1.29, 1.82) is 0 Å². The van der Waals surface area contributed by atoms with Crippen LogP contribution in [-0.2, 0) is 5.88 Å². The summed E-state index contributed by atoms with van der Waals surface area (Å²) in [7, 11) is 0. The van der Waals surface area contributed by atoms with Crippen molar-refractivity contribution in [2.24, 2.45) is 5.41 Å². The molecule has 0 amide bonds. The molecule has 1 saturated heterocycles. The van der Waals surface area contributed by atoms with E-state index < -0.39 is 0 Å². The fourth-order valence-electron chi connectivity index (χ4n) is 2.40. The molecule has 1 aromatic carbocycles. The minimum Gasteiger partial charge on any atom is -0.371 e. The van der Waals surface area contributed by atoms with Crippen LogP contribution in [0.3, 0.4) is 0 Å². The molecule has 2 heteroatoms. The average Bonchev–Trinajstić information content (AvgIpc) is 2.29. The van der Waals surface area contributed by atoms with Gasteiger partial charge >= 0.3 is 0 Å². The van der Waals surface area contributed by atoms with Crippen molar-refractivity contribution in [1.82, 2.24) is 0 Å². The van der Waals surface area contributed by atoms with Crippen LogP contribution in [0.1, 0.15) is 37.8 Å². The van der Waals surface area contributed by atoms with E-state index in [1.54, 1.807) is 0 Å². The number of halogens is 1. The fourth-order valence-corrected chi connectivity index (χ4v) is 2.70. The Labute approximate surface area is 110 Å². The molecule has 0 aliphatic carbocycles. The van der Waals surface area contributed by atoms with Crippen molar-refractivity contribution in [3.05, 3.63) is 29.3 Å². The van der Waals surface area contributed by atoms with Crippen molar-refractivity contribution in [2.75, 3.05) is 18.0 Å². The van der Waals surface area contributed by atoms with Gasteiger partial charge in [-0.05, 0) is 48.4 Å². The summed E-state index contributed by atoms with van der Waals surface area (Å²) in [6.45, 7) is 9.23. The van der Waals surface area contributed by atoms with Crippen LogP contribution in [-0.4, -0.2) is 13.1 Å². The van der Waals surface area contributed by atoms with Gasteiger partial charge in [-0.25, -0.2) is 0 Å². The molecule has 1 nitrogen and oxygen atoms in total. The van der Waals surface area contributed by atoms with E-state index in [2.05, 4.69) is 43.9 Å². The van der Waals surface area contributed by atoms with Gasteiger partial charge in [0.05, 0.1) is 0 Å². The highest BCUT2D eigenvalue weighted by Crippen LogP contribution is 2.32. The molecular formula is C15H22ClN. The molecule has 1 fully saturated rings. The first kappa shape index (κ1) is 12.8. The summed E-state index contributed by atoms with van der Waals surface area (Å²) in [4.78, 5) is 2.50. The monoisotopic (exact) mass is 251 g/mol.